The lowest BCUT2D eigenvalue weighted by molar-refractivity contribution is -0.384. The number of hydrogen-bond donors (Lipinski definition) is 1. The van der Waals surface area contributed by atoms with Crippen LogP contribution in [-0.4, -0.2) is 80.1 Å². The van der Waals surface area contributed by atoms with Gasteiger partial charge in [-0.3, -0.25) is 15.0 Å². The third-order valence-corrected chi connectivity index (χ3v) is 7.12. The lowest BCUT2D eigenvalue weighted by Crippen LogP contribution is -2.47. The van der Waals surface area contributed by atoms with Crippen LogP contribution < -0.4 is 4.90 Å². The molecule has 9 nitrogen and oxygen atoms in total. The van der Waals surface area contributed by atoms with Crippen molar-refractivity contribution in [1.82, 2.24) is 9.21 Å². The van der Waals surface area contributed by atoms with Crippen LogP contribution >= 0.6 is 0 Å². The molecule has 1 aromatic carbocycles. The number of nitro benzene ring substituents is 1. The van der Waals surface area contributed by atoms with Crippen LogP contribution in [0.5, 0.6) is 0 Å². The molecule has 0 amide bonds. The Hall–Kier alpha value is -1.75. The molecule has 0 atom stereocenters. The standard InChI is InChI=1S/C17H26N4O5S/c22-13-12-18-8-10-19(11-9-18)16-5-4-15(14-17(16)21(23)24)27(25,26)20-6-2-1-3-7-20/h4-5,14,22H,1-3,6-13H2. The van der Waals surface area contributed by atoms with Gasteiger partial charge in [-0.2, -0.15) is 4.31 Å². The van der Waals surface area contributed by atoms with Gasteiger partial charge in [-0.25, -0.2) is 8.42 Å². The van der Waals surface area contributed by atoms with Crippen molar-refractivity contribution in [2.45, 2.75) is 24.2 Å². The van der Waals surface area contributed by atoms with Gasteiger partial charge >= 0.3 is 0 Å². The van der Waals surface area contributed by atoms with E-state index in [0.717, 1.165) is 19.3 Å². The number of sulfonamides is 1. The van der Waals surface area contributed by atoms with E-state index in [-0.39, 0.29) is 17.2 Å². The number of anilines is 1. The van der Waals surface area contributed by atoms with E-state index in [4.69, 9.17) is 5.11 Å². The highest BCUT2D eigenvalue weighted by Gasteiger charge is 2.30. The van der Waals surface area contributed by atoms with Gasteiger partial charge in [0.25, 0.3) is 5.69 Å². The molecular weight excluding hydrogens is 372 g/mol. The van der Waals surface area contributed by atoms with Gasteiger partial charge in [-0.15, -0.1) is 0 Å². The summed E-state index contributed by atoms with van der Waals surface area (Å²) >= 11 is 0. The summed E-state index contributed by atoms with van der Waals surface area (Å²) in [6, 6.07) is 4.22. The molecule has 2 saturated heterocycles. The summed E-state index contributed by atoms with van der Waals surface area (Å²) in [7, 11) is -3.71. The monoisotopic (exact) mass is 398 g/mol. The highest BCUT2D eigenvalue weighted by molar-refractivity contribution is 7.89. The van der Waals surface area contributed by atoms with E-state index in [1.54, 1.807) is 6.07 Å². The maximum Gasteiger partial charge on any atom is 0.293 e. The average molecular weight is 398 g/mol. The normalized spacial score (nSPS) is 20.0. The summed E-state index contributed by atoms with van der Waals surface area (Å²) in [5.74, 6) is 0. The van der Waals surface area contributed by atoms with Crippen LogP contribution in [-0.2, 0) is 10.0 Å². The first-order chi connectivity index (χ1) is 12.9. The van der Waals surface area contributed by atoms with Crippen molar-refractivity contribution in [3.05, 3.63) is 28.3 Å². The second-order valence-corrected chi connectivity index (χ2v) is 8.86. The number of β-amino-alcohol motifs (C(OH)–C–C–N with tert-alkyl or cyclic N) is 1. The number of rotatable bonds is 6. The summed E-state index contributed by atoms with van der Waals surface area (Å²) in [5, 5.41) is 20.6. The molecule has 1 N–H and O–H groups in total. The number of hydrogen-bond acceptors (Lipinski definition) is 7. The molecular formula is C17H26N4O5S. The minimum atomic E-state index is -3.71. The number of nitrogens with zero attached hydrogens (tertiary/aromatic N) is 4. The van der Waals surface area contributed by atoms with Gasteiger partial charge in [0, 0.05) is 51.9 Å². The minimum absolute atomic E-state index is 0.0150. The number of aliphatic hydroxyl groups is 1. The van der Waals surface area contributed by atoms with Gasteiger partial charge in [0.15, 0.2) is 0 Å². The molecule has 27 heavy (non-hydrogen) atoms. The van der Waals surface area contributed by atoms with E-state index < -0.39 is 14.9 Å². The SMILES string of the molecule is O=[N+]([O-])c1cc(S(=O)(=O)N2CCCCC2)ccc1N1CCN(CCO)CC1. The Morgan fingerprint density at radius 1 is 1.04 bits per heavy atom. The predicted molar refractivity (Wildman–Crippen MR) is 101 cm³/mol. The Morgan fingerprint density at radius 2 is 1.70 bits per heavy atom. The van der Waals surface area contributed by atoms with Crippen molar-refractivity contribution in [2.24, 2.45) is 0 Å². The van der Waals surface area contributed by atoms with Crippen molar-refractivity contribution in [3.8, 4) is 0 Å². The zero-order chi connectivity index (χ0) is 19.4. The Kier molecular flexibility index (Phi) is 6.30. The molecule has 0 bridgehead atoms. The van der Waals surface area contributed by atoms with Gasteiger partial charge in [0.1, 0.15) is 5.69 Å². The summed E-state index contributed by atoms with van der Waals surface area (Å²) < 4.78 is 27.1. The van der Waals surface area contributed by atoms with Crippen LogP contribution in [0.3, 0.4) is 0 Å². The second kappa shape index (κ2) is 8.51. The molecule has 0 saturated carbocycles. The first-order valence-corrected chi connectivity index (χ1v) is 10.7. The number of nitro groups is 1. The van der Waals surface area contributed by atoms with E-state index in [2.05, 4.69) is 4.90 Å². The summed E-state index contributed by atoms with van der Waals surface area (Å²) in [6.07, 6.45) is 2.64. The fourth-order valence-electron chi connectivity index (χ4n) is 3.69. The van der Waals surface area contributed by atoms with Crippen molar-refractivity contribution in [3.63, 3.8) is 0 Å². The third kappa shape index (κ3) is 4.40. The molecule has 1 aromatic rings. The number of piperazine rings is 1. The first-order valence-electron chi connectivity index (χ1n) is 9.30. The van der Waals surface area contributed by atoms with Crippen LogP contribution in [0.15, 0.2) is 23.1 Å². The zero-order valence-corrected chi connectivity index (χ0v) is 16.1. The average Bonchev–Trinajstić information content (AvgIpc) is 2.69. The van der Waals surface area contributed by atoms with Crippen LogP contribution in [0.4, 0.5) is 11.4 Å². The first kappa shape index (κ1) is 20.0. The lowest BCUT2D eigenvalue weighted by Gasteiger charge is -2.35. The number of piperidine rings is 1. The highest BCUT2D eigenvalue weighted by Crippen LogP contribution is 2.33. The van der Waals surface area contributed by atoms with Gasteiger partial charge in [-0.05, 0) is 25.0 Å². The molecule has 0 aliphatic carbocycles. The number of aliphatic hydroxyl groups excluding tert-OH is 1. The molecule has 0 spiro atoms. The zero-order valence-electron chi connectivity index (χ0n) is 15.3. The Morgan fingerprint density at radius 3 is 2.30 bits per heavy atom. The maximum absolute atomic E-state index is 12.8. The second-order valence-electron chi connectivity index (χ2n) is 6.92. The number of benzene rings is 1. The summed E-state index contributed by atoms with van der Waals surface area (Å²) in [4.78, 5) is 15.1. The molecule has 2 fully saturated rings. The van der Waals surface area contributed by atoms with Crippen LogP contribution in [0.1, 0.15) is 19.3 Å². The van der Waals surface area contributed by atoms with Crippen molar-refractivity contribution in [2.75, 3.05) is 57.3 Å². The van der Waals surface area contributed by atoms with E-state index >= 15 is 0 Å². The quantitative estimate of drug-likeness (QED) is 0.560. The Balaban J connectivity index is 1.84. The van der Waals surface area contributed by atoms with Gasteiger partial charge in [-0.1, -0.05) is 6.42 Å². The van der Waals surface area contributed by atoms with E-state index in [1.165, 1.54) is 16.4 Å². The molecule has 2 aliphatic heterocycles. The summed E-state index contributed by atoms with van der Waals surface area (Å²) in [6.45, 7) is 4.19. The molecule has 0 radical (unpaired) electrons. The Bertz CT molecular complexity index is 772. The van der Waals surface area contributed by atoms with Crippen molar-refractivity contribution < 1.29 is 18.4 Å². The molecule has 0 aromatic heterocycles. The topological polar surface area (TPSA) is 107 Å². The maximum atomic E-state index is 12.8. The smallest absolute Gasteiger partial charge is 0.293 e. The van der Waals surface area contributed by atoms with Crippen LogP contribution in [0.25, 0.3) is 0 Å². The molecule has 10 heteroatoms. The van der Waals surface area contributed by atoms with E-state index in [1.807, 2.05) is 4.90 Å². The lowest BCUT2D eigenvalue weighted by atomic mass is 10.2. The van der Waals surface area contributed by atoms with Crippen LogP contribution in [0, 0.1) is 10.1 Å². The molecule has 2 aliphatic rings. The molecule has 0 unspecified atom stereocenters. The van der Waals surface area contributed by atoms with E-state index in [9.17, 15) is 18.5 Å². The van der Waals surface area contributed by atoms with E-state index in [0.29, 0.717) is 51.5 Å². The third-order valence-electron chi connectivity index (χ3n) is 5.23. The van der Waals surface area contributed by atoms with Crippen molar-refractivity contribution in [1.29, 1.82) is 0 Å². The molecule has 2 heterocycles. The fraction of sp³-hybridized carbons (Fsp3) is 0.647. The fourth-order valence-corrected chi connectivity index (χ4v) is 5.22. The highest BCUT2D eigenvalue weighted by atomic mass is 32.2. The van der Waals surface area contributed by atoms with Gasteiger partial charge in [0.2, 0.25) is 10.0 Å². The van der Waals surface area contributed by atoms with Crippen molar-refractivity contribution >= 4 is 21.4 Å². The molecule has 3 rings (SSSR count). The van der Waals surface area contributed by atoms with Gasteiger partial charge in [0.05, 0.1) is 16.4 Å². The predicted octanol–water partition coefficient (Wildman–Crippen LogP) is 0.884. The summed E-state index contributed by atoms with van der Waals surface area (Å²) in [5.41, 5.74) is 0.268. The Labute approximate surface area is 159 Å². The minimum Gasteiger partial charge on any atom is -0.395 e. The molecule has 150 valence electrons. The van der Waals surface area contributed by atoms with Crippen LogP contribution in [0.2, 0.25) is 0 Å². The largest absolute Gasteiger partial charge is 0.395 e. The van der Waals surface area contributed by atoms with Gasteiger partial charge < -0.3 is 10.0 Å².